The Kier molecular flexibility index (Phi) is 1.63. The van der Waals surface area contributed by atoms with Crippen LogP contribution in [-0.4, -0.2) is 0 Å². The third-order valence-electron chi connectivity index (χ3n) is 1.76. The fraction of sp³-hybridized carbons (Fsp3) is 0. The first-order valence-electron chi connectivity index (χ1n) is 3.41. The lowest BCUT2D eigenvalue weighted by Crippen LogP contribution is -1.90. The van der Waals surface area contributed by atoms with Crippen LogP contribution in [0.15, 0.2) is 17.5 Å². The number of anilines is 2. The number of nitrogens with two attached hydrogens (primary N) is 2. The molecule has 0 spiro atoms. The zero-order chi connectivity index (χ0) is 8.72. The van der Waals surface area contributed by atoms with Crippen LogP contribution in [0.2, 0.25) is 5.02 Å². The van der Waals surface area contributed by atoms with E-state index in [1.165, 1.54) is 0 Å². The quantitative estimate of drug-likeness (QED) is 0.640. The Balaban J connectivity index is 2.97. The molecule has 4 heteroatoms. The summed E-state index contributed by atoms with van der Waals surface area (Å²) in [6.45, 7) is 0. The second-order valence-electron chi connectivity index (χ2n) is 2.52. The fourth-order valence-corrected chi connectivity index (χ4v) is 2.30. The lowest BCUT2D eigenvalue weighted by atomic mass is 10.2. The van der Waals surface area contributed by atoms with E-state index in [0.29, 0.717) is 16.4 Å². The van der Waals surface area contributed by atoms with Crippen molar-refractivity contribution in [1.29, 1.82) is 0 Å². The van der Waals surface area contributed by atoms with Gasteiger partial charge in [0.2, 0.25) is 0 Å². The predicted molar refractivity (Wildman–Crippen MR) is 55.7 cm³/mol. The monoisotopic (exact) mass is 198 g/mol. The zero-order valence-electron chi connectivity index (χ0n) is 6.17. The van der Waals surface area contributed by atoms with Gasteiger partial charge < -0.3 is 11.5 Å². The predicted octanol–water partition coefficient (Wildman–Crippen LogP) is 2.72. The van der Waals surface area contributed by atoms with Crippen molar-refractivity contribution < 1.29 is 0 Å². The molecule has 1 aromatic heterocycles. The van der Waals surface area contributed by atoms with Crippen molar-refractivity contribution >= 4 is 44.4 Å². The number of halogens is 1. The molecule has 0 aliphatic heterocycles. The summed E-state index contributed by atoms with van der Waals surface area (Å²) < 4.78 is 0.972. The number of hydrogen-bond donors (Lipinski definition) is 2. The van der Waals surface area contributed by atoms with E-state index in [9.17, 15) is 0 Å². The van der Waals surface area contributed by atoms with Gasteiger partial charge in [0, 0.05) is 11.1 Å². The van der Waals surface area contributed by atoms with Crippen LogP contribution in [-0.2, 0) is 0 Å². The summed E-state index contributed by atoms with van der Waals surface area (Å²) in [5, 5.41) is 3.47. The molecular formula is C8H7ClN2S. The molecule has 2 nitrogen and oxygen atoms in total. The van der Waals surface area contributed by atoms with E-state index in [1.54, 1.807) is 17.4 Å². The Hall–Kier alpha value is -0.930. The summed E-state index contributed by atoms with van der Waals surface area (Å²) >= 11 is 7.40. The van der Waals surface area contributed by atoms with E-state index >= 15 is 0 Å². The molecule has 2 aromatic rings. The molecule has 0 amide bonds. The highest BCUT2D eigenvalue weighted by Gasteiger charge is 2.06. The summed E-state index contributed by atoms with van der Waals surface area (Å²) in [5.74, 6) is 0. The molecule has 0 radical (unpaired) electrons. The minimum atomic E-state index is 0.530. The lowest BCUT2D eigenvalue weighted by molar-refractivity contribution is 1.77. The van der Waals surface area contributed by atoms with Crippen LogP contribution in [0.4, 0.5) is 11.4 Å². The van der Waals surface area contributed by atoms with Gasteiger partial charge in [-0.25, -0.2) is 0 Å². The highest BCUT2D eigenvalue weighted by molar-refractivity contribution is 7.18. The number of nitrogen functional groups attached to an aromatic ring is 2. The van der Waals surface area contributed by atoms with Crippen molar-refractivity contribution in [3.8, 4) is 0 Å². The Morgan fingerprint density at radius 2 is 2.08 bits per heavy atom. The maximum Gasteiger partial charge on any atom is 0.0686 e. The standard InChI is InChI=1S/C8H7ClN2S/c9-5-3-6(10)4-1-2-12-8(4)7(5)11/h1-3H,10-11H2. The van der Waals surface area contributed by atoms with Gasteiger partial charge in [0.25, 0.3) is 0 Å². The van der Waals surface area contributed by atoms with Gasteiger partial charge in [-0.2, -0.15) is 0 Å². The van der Waals surface area contributed by atoms with Crippen LogP contribution in [0.25, 0.3) is 10.1 Å². The van der Waals surface area contributed by atoms with Gasteiger partial charge in [0.05, 0.1) is 15.4 Å². The van der Waals surface area contributed by atoms with Crippen LogP contribution < -0.4 is 11.5 Å². The van der Waals surface area contributed by atoms with Crippen LogP contribution >= 0.6 is 22.9 Å². The van der Waals surface area contributed by atoms with Gasteiger partial charge in [-0.3, -0.25) is 0 Å². The average molecular weight is 199 g/mol. The minimum absolute atomic E-state index is 0.530. The van der Waals surface area contributed by atoms with Crippen molar-refractivity contribution in [3.63, 3.8) is 0 Å². The van der Waals surface area contributed by atoms with Crippen LogP contribution in [0, 0.1) is 0 Å². The summed E-state index contributed by atoms with van der Waals surface area (Å²) in [6.07, 6.45) is 0. The van der Waals surface area contributed by atoms with Crippen molar-refractivity contribution in [2.24, 2.45) is 0 Å². The minimum Gasteiger partial charge on any atom is -0.398 e. The zero-order valence-corrected chi connectivity index (χ0v) is 7.75. The lowest BCUT2D eigenvalue weighted by Gasteiger charge is -2.01. The molecule has 1 heterocycles. The maximum absolute atomic E-state index is 5.85. The second kappa shape index (κ2) is 2.54. The molecule has 0 unspecified atom stereocenters. The number of thiophene rings is 1. The van der Waals surface area contributed by atoms with Crippen molar-refractivity contribution in [2.45, 2.75) is 0 Å². The molecule has 0 saturated heterocycles. The Labute approximate surface area is 78.7 Å². The first-order valence-corrected chi connectivity index (χ1v) is 4.66. The summed E-state index contributed by atoms with van der Waals surface area (Å²) in [7, 11) is 0. The van der Waals surface area contributed by atoms with Gasteiger partial charge >= 0.3 is 0 Å². The van der Waals surface area contributed by atoms with Crippen LogP contribution in [0.5, 0.6) is 0 Å². The molecule has 0 aliphatic rings. The second-order valence-corrected chi connectivity index (χ2v) is 3.85. The Bertz CT molecular complexity index is 436. The third-order valence-corrected chi connectivity index (χ3v) is 3.02. The molecule has 4 N–H and O–H groups in total. The smallest absolute Gasteiger partial charge is 0.0686 e. The maximum atomic E-state index is 5.85. The van der Waals surface area contributed by atoms with Crippen molar-refractivity contribution in [1.82, 2.24) is 0 Å². The largest absolute Gasteiger partial charge is 0.398 e. The molecular weight excluding hydrogens is 192 g/mol. The number of fused-ring (bicyclic) bond motifs is 1. The number of benzene rings is 1. The van der Waals surface area contributed by atoms with E-state index in [4.69, 9.17) is 23.1 Å². The van der Waals surface area contributed by atoms with E-state index in [-0.39, 0.29) is 0 Å². The number of hydrogen-bond acceptors (Lipinski definition) is 3. The van der Waals surface area contributed by atoms with E-state index in [0.717, 1.165) is 10.1 Å². The topological polar surface area (TPSA) is 52.0 Å². The molecule has 0 fully saturated rings. The molecule has 12 heavy (non-hydrogen) atoms. The van der Waals surface area contributed by atoms with Gasteiger partial charge in [-0.05, 0) is 17.5 Å². The van der Waals surface area contributed by atoms with Gasteiger partial charge in [-0.1, -0.05) is 11.6 Å². The normalized spacial score (nSPS) is 10.8. The summed E-state index contributed by atoms with van der Waals surface area (Å²) in [6, 6.07) is 3.63. The summed E-state index contributed by atoms with van der Waals surface area (Å²) in [5.41, 5.74) is 12.8. The first kappa shape index (κ1) is 7.71. The van der Waals surface area contributed by atoms with Gasteiger partial charge in [0.1, 0.15) is 0 Å². The Morgan fingerprint density at radius 3 is 2.83 bits per heavy atom. The van der Waals surface area contributed by atoms with Crippen molar-refractivity contribution in [2.75, 3.05) is 11.5 Å². The van der Waals surface area contributed by atoms with Gasteiger partial charge in [0.15, 0.2) is 0 Å². The molecule has 1 aromatic carbocycles. The van der Waals surface area contributed by atoms with E-state index in [1.807, 2.05) is 11.4 Å². The summed E-state index contributed by atoms with van der Waals surface area (Å²) in [4.78, 5) is 0. The highest BCUT2D eigenvalue weighted by Crippen LogP contribution is 2.36. The van der Waals surface area contributed by atoms with E-state index in [2.05, 4.69) is 0 Å². The van der Waals surface area contributed by atoms with Crippen LogP contribution in [0.3, 0.4) is 0 Å². The SMILES string of the molecule is Nc1cc(Cl)c(N)c2sccc12. The molecule has 62 valence electrons. The molecule has 0 atom stereocenters. The molecule has 0 aliphatic carbocycles. The average Bonchev–Trinajstić information content (AvgIpc) is 2.48. The first-order chi connectivity index (χ1) is 5.70. The van der Waals surface area contributed by atoms with E-state index < -0.39 is 0 Å². The Morgan fingerprint density at radius 1 is 1.33 bits per heavy atom. The fourth-order valence-electron chi connectivity index (χ4n) is 1.15. The highest BCUT2D eigenvalue weighted by atomic mass is 35.5. The van der Waals surface area contributed by atoms with Crippen molar-refractivity contribution in [3.05, 3.63) is 22.5 Å². The van der Waals surface area contributed by atoms with Crippen LogP contribution in [0.1, 0.15) is 0 Å². The molecule has 2 rings (SSSR count). The molecule has 0 saturated carbocycles. The molecule has 0 bridgehead atoms. The van der Waals surface area contributed by atoms with Gasteiger partial charge in [-0.15, -0.1) is 11.3 Å². The third kappa shape index (κ3) is 0.940. The number of rotatable bonds is 0.